The van der Waals surface area contributed by atoms with Crippen LogP contribution in [0.25, 0.3) is 21.5 Å². The molecule has 1 atom stereocenters. The van der Waals surface area contributed by atoms with E-state index in [1.54, 1.807) is 54.6 Å². The molecule has 4 aromatic rings. The molecule has 6 heteroatoms. The highest BCUT2D eigenvalue weighted by molar-refractivity contribution is 7.85. The van der Waals surface area contributed by atoms with Crippen molar-refractivity contribution in [3.63, 3.8) is 0 Å². The SMILES string of the molecule is CNC(=O)c1cccc2cccc([S@](=O)c3cccc4cccc(C(=O)[O-])c34)c12. The second-order valence-corrected chi connectivity index (χ2v) is 7.87. The van der Waals surface area contributed by atoms with E-state index in [0.717, 1.165) is 5.39 Å². The number of carboxylic acid groups (broad SMARTS) is 1. The standard InChI is InChI=1S/C23H17NO4S/c1-24-22(25)16-10-2-6-14-8-4-12-18(20(14)16)29(28)19-13-5-9-15-7-3-11-17(21(15)19)23(26)27/h2-13H,1H3,(H,24,25)(H,26,27)/p-1/t29-/m0/s1. The minimum atomic E-state index is -1.72. The molecule has 0 radical (unpaired) electrons. The van der Waals surface area contributed by atoms with Crippen LogP contribution in [0.4, 0.5) is 0 Å². The first-order chi connectivity index (χ1) is 14.0. The van der Waals surface area contributed by atoms with E-state index >= 15 is 0 Å². The molecular weight excluding hydrogens is 386 g/mol. The molecule has 0 aliphatic heterocycles. The Balaban J connectivity index is 2.03. The number of rotatable bonds is 4. The van der Waals surface area contributed by atoms with Crippen molar-refractivity contribution in [3.05, 3.63) is 83.9 Å². The van der Waals surface area contributed by atoms with E-state index in [2.05, 4.69) is 5.32 Å². The Morgan fingerprint density at radius 1 is 0.759 bits per heavy atom. The minimum Gasteiger partial charge on any atom is -0.545 e. The van der Waals surface area contributed by atoms with Crippen LogP contribution in [-0.4, -0.2) is 23.1 Å². The molecule has 29 heavy (non-hydrogen) atoms. The first kappa shape index (κ1) is 18.8. The van der Waals surface area contributed by atoms with E-state index in [9.17, 15) is 18.9 Å². The molecule has 0 saturated heterocycles. The highest BCUT2D eigenvalue weighted by Crippen LogP contribution is 2.33. The van der Waals surface area contributed by atoms with Gasteiger partial charge < -0.3 is 15.2 Å². The number of hydrogen-bond donors (Lipinski definition) is 1. The predicted molar refractivity (Wildman–Crippen MR) is 110 cm³/mol. The summed E-state index contributed by atoms with van der Waals surface area (Å²) in [7, 11) is -0.183. The Bertz CT molecular complexity index is 1300. The highest BCUT2D eigenvalue weighted by Gasteiger charge is 2.19. The quantitative estimate of drug-likeness (QED) is 0.569. The third-order valence-electron chi connectivity index (χ3n) is 4.82. The third-order valence-corrected chi connectivity index (χ3v) is 6.30. The van der Waals surface area contributed by atoms with Gasteiger partial charge in [0, 0.05) is 28.9 Å². The molecule has 5 nitrogen and oxygen atoms in total. The van der Waals surface area contributed by atoms with Crippen LogP contribution in [-0.2, 0) is 10.8 Å². The van der Waals surface area contributed by atoms with E-state index < -0.39 is 16.8 Å². The molecule has 0 bridgehead atoms. The minimum absolute atomic E-state index is 0.0155. The van der Waals surface area contributed by atoms with Gasteiger partial charge in [-0.15, -0.1) is 0 Å². The summed E-state index contributed by atoms with van der Waals surface area (Å²) in [6.45, 7) is 0. The zero-order valence-corrected chi connectivity index (χ0v) is 16.3. The van der Waals surface area contributed by atoms with Crippen LogP contribution in [0.5, 0.6) is 0 Å². The van der Waals surface area contributed by atoms with E-state index in [-0.39, 0.29) is 11.5 Å². The lowest BCUT2D eigenvalue weighted by molar-refractivity contribution is -0.254. The van der Waals surface area contributed by atoms with Gasteiger partial charge >= 0.3 is 0 Å². The van der Waals surface area contributed by atoms with Crippen LogP contribution < -0.4 is 10.4 Å². The summed E-state index contributed by atoms with van der Waals surface area (Å²) in [6.07, 6.45) is 0. The van der Waals surface area contributed by atoms with Gasteiger partial charge in [0.1, 0.15) is 0 Å². The first-order valence-electron chi connectivity index (χ1n) is 8.91. The molecule has 0 aliphatic rings. The summed E-state index contributed by atoms with van der Waals surface area (Å²) in [4.78, 5) is 24.9. The number of carboxylic acids is 1. The molecule has 0 unspecified atom stereocenters. The lowest BCUT2D eigenvalue weighted by Gasteiger charge is -2.14. The van der Waals surface area contributed by atoms with Crippen LogP contribution in [0, 0.1) is 0 Å². The average Bonchev–Trinajstić information content (AvgIpc) is 2.76. The van der Waals surface area contributed by atoms with Gasteiger partial charge in [-0.3, -0.25) is 4.79 Å². The largest absolute Gasteiger partial charge is 0.545 e. The van der Waals surface area contributed by atoms with Gasteiger partial charge in [-0.25, -0.2) is 4.21 Å². The fraction of sp³-hybridized carbons (Fsp3) is 0.0435. The number of nitrogens with one attached hydrogen (secondary N) is 1. The smallest absolute Gasteiger partial charge is 0.251 e. The number of aromatic carboxylic acids is 1. The lowest BCUT2D eigenvalue weighted by Crippen LogP contribution is -2.22. The van der Waals surface area contributed by atoms with Crippen LogP contribution in [0.1, 0.15) is 20.7 Å². The summed E-state index contributed by atoms with van der Waals surface area (Å²) in [5.74, 6) is -1.61. The molecule has 0 aromatic heterocycles. The van der Waals surface area contributed by atoms with Crippen molar-refractivity contribution in [2.24, 2.45) is 0 Å². The van der Waals surface area contributed by atoms with Gasteiger partial charge in [-0.2, -0.15) is 0 Å². The maximum atomic E-state index is 13.7. The van der Waals surface area contributed by atoms with Crippen LogP contribution in [0.15, 0.2) is 82.6 Å². The van der Waals surface area contributed by atoms with Gasteiger partial charge in [0.2, 0.25) is 0 Å². The molecule has 144 valence electrons. The Labute approximate surface area is 169 Å². The average molecular weight is 402 g/mol. The maximum Gasteiger partial charge on any atom is 0.251 e. The van der Waals surface area contributed by atoms with Gasteiger partial charge in [0.25, 0.3) is 5.91 Å². The second-order valence-electron chi connectivity index (χ2n) is 6.45. The molecule has 1 N–H and O–H groups in total. The molecule has 0 fully saturated rings. The number of amides is 1. The molecule has 0 spiro atoms. The molecule has 4 aromatic carbocycles. The Hall–Kier alpha value is -3.51. The molecule has 1 amide bonds. The third kappa shape index (κ3) is 3.17. The Morgan fingerprint density at radius 3 is 1.69 bits per heavy atom. The van der Waals surface area contributed by atoms with Crippen molar-refractivity contribution in [3.8, 4) is 0 Å². The monoisotopic (exact) mass is 402 g/mol. The number of benzene rings is 4. The van der Waals surface area contributed by atoms with Crippen molar-refractivity contribution in [1.82, 2.24) is 5.32 Å². The summed E-state index contributed by atoms with van der Waals surface area (Å²) in [5, 5.41) is 16.7. The zero-order valence-electron chi connectivity index (χ0n) is 15.5. The molecule has 0 saturated carbocycles. The molecule has 0 aliphatic carbocycles. The molecular formula is C23H16NO4S-. The fourth-order valence-corrected chi connectivity index (χ4v) is 5.00. The fourth-order valence-electron chi connectivity index (χ4n) is 3.53. The normalized spacial score (nSPS) is 12.0. The van der Waals surface area contributed by atoms with Crippen LogP contribution in [0.3, 0.4) is 0 Å². The summed E-state index contributed by atoms with van der Waals surface area (Å²) in [6, 6.07) is 20.6. The zero-order chi connectivity index (χ0) is 20.5. The lowest BCUT2D eigenvalue weighted by atomic mass is 10.0. The van der Waals surface area contributed by atoms with Crippen molar-refractivity contribution in [1.29, 1.82) is 0 Å². The highest BCUT2D eigenvalue weighted by atomic mass is 32.2. The van der Waals surface area contributed by atoms with Crippen LogP contribution in [0.2, 0.25) is 0 Å². The Kier molecular flexibility index (Phi) is 4.86. The van der Waals surface area contributed by atoms with E-state index in [1.165, 1.54) is 13.1 Å². The van der Waals surface area contributed by atoms with Crippen molar-refractivity contribution >= 4 is 44.2 Å². The van der Waals surface area contributed by atoms with Crippen molar-refractivity contribution in [2.75, 3.05) is 7.05 Å². The van der Waals surface area contributed by atoms with Gasteiger partial charge in [0.05, 0.1) is 26.6 Å². The summed E-state index contributed by atoms with van der Waals surface area (Å²) in [5.41, 5.74) is 0.396. The van der Waals surface area contributed by atoms with E-state index in [0.29, 0.717) is 31.5 Å². The maximum absolute atomic E-state index is 13.7. The molecule has 0 heterocycles. The topological polar surface area (TPSA) is 86.3 Å². The number of hydrogen-bond acceptors (Lipinski definition) is 4. The van der Waals surface area contributed by atoms with E-state index in [4.69, 9.17) is 0 Å². The van der Waals surface area contributed by atoms with Crippen molar-refractivity contribution in [2.45, 2.75) is 9.79 Å². The van der Waals surface area contributed by atoms with Crippen LogP contribution >= 0.6 is 0 Å². The Morgan fingerprint density at radius 2 is 1.21 bits per heavy atom. The molecule has 4 rings (SSSR count). The number of fused-ring (bicyclic) bond motifs is 2. The predicted octanol–water partition coefficient (Wildman–Crippen LogP) is 2.88. The van der Waals surface area contributed by atoms with Gasteiger partial charge in [0.15, 0.2) is 0 Å². The summed E-state index contributed by atoms with van der Waals surface area (Å²) >= 11 is 0. The van der Waals surface area contributed by atoms with Gasteiger partial charge in [-0.1, -0.05) is 54.6 Å². The summed E-state index contributed by atoms with van der Waals surface area (Å²) < 4.78 is 13.7. The van der Waals surface area contributed by atoms with Crippen molar-refractivity contribution < 1.29 is 18.9 Å². The first-order valence-corrected chi connectivity index (χ1v) is 10.1. The second kappa shape index (κ2) is 7.48. The number of carbonyl (C=O) groups is 2. The van der Waals surface area contributed by atoms with Gasteiger partial charge in [-0.05, 0) is 29.0 Å². The van der Waals surface area contributed by atoms with E-state index in [1.807, 2.05) is 12.1 Å². The number of carbonyl (C=O) groups excluding carboxylic acids is 2.